The molecule has 0 aliphatic rings. The molecule has 1 N–H and O–H groups in total. The van der Waals surface area contributed by atoms with Crippen LogP contribution in [0.2, 0.25) is 0 Å². The summed E-state index contributed by atoms with van der Waals surface area (Å²) in [5, 5.41) is 2.81. The molecule has 0 saturated carbocycles. The molecule has 0 radical (unpaired) electrons. The van der Waals surface area contributed by atoms with Crippen LogP contribution in [0.4, 0.5) is 4.79 Å². The van der Waals surface area contributed by atoms with Gasteiger partial charge in [0.15, 0.2) is 0 Å². The zero-order chi connectivity index (χ0) is 16.8. The molecule has 22 heavy (non-hydrogen) atoms. The van der Waals surface area contributed by atoms with Crippen molar-refractivity contribution in [3.05, 3.63) is 29.8 Å². The third-order valence-corrected chi connectivity index (χ3v) is 3.73. The molecule has 0 aromatic heterocycles. The van der Waals surface area contributed by atoms with Crippen LogP contribution in [-0.4, -0.2) is 38.2 Å². The minimum atomic E-state index is -3.53. The highest BCUT2D eigenvalue weighted by Crippen LogP contribution is 2.17. The Morgan fingerprint density at radius 1 is 1.27 bits per heavy atom. The number of hydrogen-bond acceptors (Lipinski definition) is 4. The van der Waals surface area contributed by atoms with E-state index in [0.29, 0.717) is 13.1 Å². The van der Waals surface area contributed by atoms with Crippen LogP contribution in [0.15, 0.2) is 24.3 Å². The molecule has 0 unspecified atom stereocenters. The first-order valence-electron chi connectivity index (χ1n) is 7.29. The number of rotatable bonds is 7. The van der Waals surface area contributed by atoms with E-state index in [9.17, 15) is 13.2 Å². The standard InChI is InChI=1S/C15H24N2O4S/c1-5-12(3)17(15(18)16-6-2)11-13-7-9-14(10-8-13)21-22(4,19)20/h7-10,12H,5-6,11H2,1-4H3,(H,16,18)/t12-/m0/s1. The molecule has 0 saturated heterocycles. The predicted molar refractivity (Wildman–Crippen MR) is 86.3 cm³/mol. The van der Waals surface area contributed by atoms with E-state index < -0.39 is 10.1 Å². The lowest BCUT2D eigenvalue weighted by atomic mass is 10.1. The average Bonchev–Trinajstić information content (AvgIpc) is 2.44. The molecular formula is C15H24N2O4S. The largest absolute Gasteiger partial charge is 0.383 e. The zero-order valence-corrected chi connectivity index (χ0v) is 14.3. The first kappa shape index (κ1) is 18.3. The first-order valence-corrected chi connectivity index (χ1v) is 9.11. The van der Waals surface area contributed by atoms with Gasteiger partial charge in [-0.3, -0.25) is 0 Å². The molecule has 124 valence electrons. The number of urea groups is 1. The SMILES string of the molecule is CCNC(=O)N(Cc1ccc(OS(C)(=O)=O)cc1)[C@@H](C)CC. The van der Waals surface area contributed by atoms with Gasteiger partial charge in [0.2, 0.25) is 0 Å². The molecule has 0 aliphatic carbocycles. The second-order valence-corrected chi connectivity index (χ2v) is 6.73. The van der Waals surface area contributed by atoms with Gasteiger partial charge in [0, 0.05) is 19.1 Å². The van der Waals surface area contributed by atoms with Crippen molar-refractivity contribution >= 4 is 16.1 Å². The number of benzene rings is 1. The van der Waals surface area contributed by atoms with Crippen molar-refractivity contribution in [3.8, 4) is 5.75 Å². The maximum Gasteiger partial charge on any atom is 0.317 e. The normalized spacial score (nSPS) is 12.5. The highest BCUT2D eigenvalue weighted by Gasteiger charge is 2.18. The van der Waals surface area contributed by atoms with Crippen LogP contribution < -0.4 is 9.50 Å². The van der Waals surface area contributed by atoms with Crippen LogP contribution in [-0.2, 0) is 16.7 Å². The highest BCUT2D eigenvalue weighted by atomic mass is 32.2. The molecule has 0 aliphatic heterocycles. The predicted octanol–water partition coefficient (Wildman–Crippen LogP) is 2.36. The fourth-order valence-corrected chi connectivity index (χ4v) is 2.38. The quantitative estimate of drug-likeness (QED) is 0.780. The maximum atomic E-state index is 12.1. The highest BCUT2D eigenvalue weighted by molar-refractivity contribution is 7.86. The van der Waals surface area contributed by atoms with Gasteiger partial charge < -0.3 is 14.4 Å². The fraction of sp³-hybridized carbons (Fsp3) is 0.533. The van der Waals surface area contributed by atoms with E-state index in [1.165, 1.54) is 0 Å². The Bertz CT molecular complexity index is 584. The second-order valence-electron chi connectivity index (χ2n) is 5.15. The first-order chi connectivity index (χ1) is 10.3. The van der Waals surface area contributed by atoms with E-state index in [2.05, 4.69) is 5.32 Å². The minimum absolute atomic E-state index is 0.103. The Balaban J connectivity index is 2.83. The van der Waals surface area contributed by atoms with Gasteiger partial charge in [0.1, 0.15) is 5.75 Å². The topological polar surface area (TPSA) is 75.7 Å². The van der Waals surface area contributed by atoms with E-state index in [-0.39, 0.29) is 17.8 Å². The molecule has 1 aromatic rings. The summed E-state index contributed by atoms with van der Waals surface area (Å²) in [7, 11) is -3.53. The summed E-state index contributed by atoms with van der Waals surface area (Å²) in [6, 6.07) is 6.70. The van der Waals surface area contributed by atoms with E-state index in [1.807, 2.05) is 20.8 Å². The summed E-state index contributed by atoms with van der Waals surface area (Å²) >= 11 is 0. The van der Waals surface area contributed by atoms with Crippen LogP contribution >= 0.6 is 0 Å². The number of amides is 2. The van der Waals surface area contributed by atoms with Crippen molar-refractivity contribution in [2.24, 2.45) is 0 Å². The molecule has 0 spiro atoms. The van der Waals surface area contributed by atoms with Gasteiger partial charge in [-0.1, -0.05) is 19.1 Å². The van der Waals surface area contributed by atoms with Crippen LogP contribution in [0.1, 0.15) is 32.8 Å². The summed E-state index contributed by atoms with van der Waals surface area (Å²) in [6.45, 7) is 6.94. The molecule has 6 nitrogen and oxygen atoms in total. The average molecular weight is 328 g/mol. The molecule has 1 atom stereocenters. The Morgan fingerprint density at radius 3 is 2.32 bits per heavy atom. The third kappa shape index (κ3) is 5.93. The Hall–Kier alpha value is -1.76. The van der Waals surface area contributed by atoms with Crippen molar-refractivity contribution < 1.29 is 17.4 Å². The third-order valence-electron chi connectivity index (χ3n) is 3.24. The van der Waals surface area contributed by atoms with Gasteiger partial charge in [-0.2, -0.15) is 8.42 Å². The van der Waals surface area contributed by atoms with Crippen molar-refractivity contribution in [3.63, 3.8) is 0 Å². The van der Waals surface area contributed by atoms with Gasteiger partial charge in [-0.15, -0.1) is 0 Å². The lowest BCUT2D eigenvalue weighted by molar-refractivity contribution is 0.174. The Kier molecular flexibility index (Phi) is 6.67. The van der Waals surface area contributed by atoms with Crippen molar-refractivity contribution in [2.45, 2.75) is 39.8 Å². The van der Waals surface area contributed by atoms with E-state index in [4.69, 9.17) is 4.18 Å². The second kappa shape index (κ2) is 8.03. The van der Waals surface area contributed by atoms with Gasteiger partial charge in [-0.05, 0) is 38.0 Å². The number of nitrogens with zero attached hydrogens (tertiary/aromatic N) is 1. The molecule has 1 aromatic carbocycles. The summed E-state index contributed by atoms with van der Waals surface area (Å²) in [6.07, 6.45) is 1.85. The summed E-state index contributed by atoms with van der Waals surface area (Å²) < 4.78 is 26.9. The molecule has 0 fully saturated rings. The van der Waals surface area contributed by atoms with Gasteiger partial charge in [0.25, 0.3) is 0 Å². The van der Waals surface area contributed by atoms with E-state index in [1.54, 1.807) is 29.2 Å². The summed E-state index contributed by atoms with van der Waals surface area (Å²) in [4.78, 5) is 13.9. The monoisotopic (exact) mass is 328 g/mol. The fourth-order valence-electron chi connectivity index (χ4n) is 1.92. The van der Waals surface area contributed by atoms with E-state index in [0.717, 1.165) is 18.2 Å². The Labute approximate surface area is 132 Å². The zero-order valence-electron chi connectivity index (χ0n) is 13.5. The smallest absolute Gasteiger partial charge is 0.317 e. The lowest BCUT2D eigenvalue weighted by Gasteiger charge is -2.28. The summed E-state index contributed by atoms with van der Waals surface area (Å²) in [5.41, 5.74) is 0.910. The number of carbonyl (C=O) groups is 1. The molecule has 2 amide bonds. The van der Waals surface area contributed by atoms with Crippen molar-refractivity contribution in [1.29, 1.82) is 0 Å². The molecule has 0 bridgehead atoms. The van der Waals surface area contributed by atoms with Crippen LogP contribution in [0, 0.1) is 0 Å². The molecular weight excluding hydrogens is 304 g/mol. The summed E-state index contributed by atoms with van der Waals surface area (Å²) in [5.74, 6) is 0.263. The van der Waals surface area contributed by atoms with E-state index >= 15 is 0 Å². The van der Waals surface area contributed by atoms with Crippen molar-refractivity contribution in [2.75, 3.05) is 12.8 Å². The molecule has 1 rings (SSSR count). The minimum Gasteiger partial charge on any atom is -0.383 e. The van der Waals surface area contributed by atoms with Gasteiger partial charge >= 0.3 is 16.1 Å². The lowest BCUT2D eigenvalue weighted by Crippen LogP contribution is -2.44. The molecule has 7 heteroatoms. The van der Waals surface area contributed by atoms with Gasteiger partial charge in [0.05, 0.1) is 6.26 Å². The van der Waals surface area contributed by atoms with Crippen LogP contribution in [0.3, 0.4) is 0 Å². The van der Waals surface area contributed by atoms with Gasteiger partial charge in [-0.25, -0.2) is 4.79 Å². The molecule has 0 heterocycles. The van der Waals surface area contributed by atoms with Crippen LogP contribution in [0.25, 0.3) is 0 Å². The number of nitrogens with one attached hydrogen (secondary N) is 1. The maximum absolute atomic E-state index is 12.1. The van der Waals surface area contributed by atoms with Crippen molar-refractivity contribution in [1.82, 2.24) is 10.2 Å². The Morgan fingerprint density at radius 2 is 1.86 bits per heavy atom. The number of hydrogen-bond donors (Lipinski definition) is 1. The number of carbonyl (C=O) groups excluding carboxylic acids is 1. The van der Waals surface area contributed by atoms with Crippen LogP contribution in [0.5, 0.6) is 5.75 Å².